The molecule has 2 heterocycles. The molecule has 0 radical (unpaired) electrons. The number of hydrogen-bond donors (Lipinski definition) is 2. The lowest BCUT2D eigenvalue weighted by atomic mass is 10.1. The Morgan fingerprint density at radius 3 is 2.72 bits per heavy atom. The maximum atomic E-state index is 13.1. The summed E-state index contributed by atoms with van der Waals surface area (Å²) in [5.74, 6) is 0.590. The number of nitrogens with one attached hydrogen (secondary N) is 2. The average molecular weight is 410 g/mol. The van der Waals surface area contributed by atoms with Gasteiger partial charge in [0.25, 0.3) is 5.91 Å². The monoisotopic (exact) mass is 410 g/mol. The van der Waals surface area contributed by atoms with E-state index in [1.165, 1.54) is 4.57 Å². The number of hydrogen-bond acceptors (Lipinski definition) is 4. The molecule has 150 valence electrons. The van der Waals surface area contributed by atoms with Gasteiger partial charge in [-0.3, -0.25) is 14.2 Å². The van der Waals surface area contributed by atoms with Crippen molar-refractivity contribution < 1.29 is 9.59 Å². The second-order valence-corrected chi connectivity index (χ2v) is 8.32. The van der Waals surface area contributed by atoms with Gasteiger partial charge in [0.1, 0.15) is 6.04 Å². The third-order valence-corrected chi connectivity index (χ3v) is 6.25. The Kier molecular flexibility index (Phi) is 4.96. The lowest BCUT2D eigenvalue weighted by Crippen LogP contribution is -2.44. The molecule has 1 aromatic heterocycles. The summed E-state index contributed by atoms with van der Waals surface area (Å²) in [5, 5.41) is 2.96. The van der Waals surface area contributed by atoms with E-state index in [-0.39, 0.29) is 17.5 Å². The zero-order chi connectivity index (χ0) is 20.7. The molecule has 3 aromatic rings. The molecular formula is C21H22N4O3S. The Bertz CT molecular complexity index is 1180. The molecule has 7 nitrogen and oxygen atoms in total. The Morgan fingerprint density at radius 2 is 1.97 bits per heavy atom. The van der Waals surface area contributed by atoms with Gasteiger partial charge in [-0.05, 0) is 43.7 Å². The number of H-pyrrole nitrogens is 1. The minimum absolute atomic E-state index is 0.190. The van der Waals surface area contributed by atoms with Crippen molar-refractivity contribution in [1.29, 1.82) is 0 Å². The molecule has 29 heavy (non-hydrogen) atoms. The number of thioether (sulfide) groups is 1. The molecule has 1 aliphatic rings. The topological polar surface area (TPSA) is 87.2 Å². The fraction of sp³-hybridized carbons (Fsp3) is 0.286. The van der Waals surface area contributed by atoms with Crippen LogP contribution in [0.4, 0.5) is 5.69 Å². The van der Waals surface area contributed by atoms with Crippen LogP contribution < -0.4 is 11.0 Å². The Labute approximate surface area is 172 Å². The first-order chi connectivity index (χ1) is 13.8. The summed E-state index contributed by atoms with van der Waals surface area (Å²) in [6, 6.07) is 10.4. The van der Waals surface area contributed by atoms with Gasteiger partial charge in [0.05, 0.1) is 16.9 Å². The van der Waals surface area contributed by atoms with Crippen LogP contribution in [0.2, 0.25) is 0 Å². The van der Waals surface area contributed by atoms with Crippen LogP contribution in [0.15, 0.2) is 41.2 Å². The van der Waals surface area contributed by atoms with Crippen LogP contribution in [0.25, 0.3) is 11.0 Å². The number of aromatic nitrogens is 2. The van der Waals surface area contributed by atoms with Crippen LogP contribution >= 0.6 is 11.8 Å². The SMILES string of the molecule is Cc1ccc(NC(=O)C2CSCN2C(=O)c2ccc3c(c2)[nH]c(=O)n3C)c(C)c1. The highest BCUT2D eigenvalue weighted by Crippen LogP contribution is 2.26. The van der Waals surface area contributed by atoms with E-state index in [2.05, 4.69) is 10.3 Å². The smallest absolute Gasteiger partial charge is 0.324 e. The third kappa shape index (κ3) is 3.55. The molecule has 1 unspecified atom stereocenters. The van der Waals surface area contributed by atoms with Crippen molar-refractivity contribution in [2.45, 2.75) is 19.9 Å². The number of rotatable bonds is 3. The molecule has 4 rings (SSSR count). The van der Waals surface area contributed by atoms with Gasteiger partial charge in [0.15, 0.2) is 0 Å². The molecular weight excluding hydrogens is 388 g/mol. The Balaban J connectivity index is 1.56. The molecule has 0 saturated carbocycles. The lowest BCUT2D eigenvalue weighted by molar-refractivity contribution is -0.119. The predicted octanol–water partition coefficient (Wildman–Crippen LogP) is 2.64. The molecule has 0 spiro atoms. The number of carbonyl (C=O) groups excluding carboxylic acids is 2. The van der Waals surface area contributed by atoms with Crippen molar-refractivity contribution in [2.75, 3.05) is 16.9 Å². The molecule has 8 heteroatoms. The van der Waals surface area contributed by atoms with E-state index in [0.29, 0.717) is 22.7 Å². The van der Waals surface area contributed by atoms with Crippen molar-refractivity contribution in [2.24, 2.45) is 7.05 Å². The summed E-state index contributed by atoms with van der Waals surface area (Å²) in [6.07, 6.45) is 0. The average Bonchev–Trinajstić information content (AvgIpc) is 3.28. The molecule has 1 saturated heterocycles. The van der Waals surface area contributed by atoms with Gasteiger partial charge in [-0.1, -0.05) is 17.7 Å². The first-order valence-corrected chi connectivity index (χ1v) is 10.5. The highest BCUT2D eigenvalue weighted by atomic mass is 32.2. The summed E-state index contributed by atoms with van der Waals surface area (Å²) in [7, 11) is 1.67. The second kappa shape index (κ2) is 7.44. The zero-order valence-corrected chi connectivity index (χ0v) is 17.3. The number of imidazole rings is 1. The van der Waals surface area contributed by atoms with Crippen LogP contribution in [0.5, 0.6) is 0 Å². The number of fused-ring (bicyclic) bond motifs is 1. The van der Waals surface area contributed by atoms with E-state index in [1.807, 2.05) is 32.0 Å². The first kappa shape index (κ1) is 19.3. The van der Waals surface area contributed by atoms with E-state index in [0.717, 1.165) is 22.3 Å². The van der Waals surface area contributed by atoms with Crippen LogP contribution in [0.3, 0.4) is 0 Å². The lowest BCUT2D eigenvalue weighted by Gasteiger charge is -2.23. The maximum Gasteiger partial charge on any atom is 0.326 e. The minimum atomic E-state index is -0.543. The van der Waals surface area contributed by atoms with Gasteiger partial charge >= 0.3 is 5.69 Å². The number of anilines is 1. The predicted molar refractivity (Wildman–Crippen MR) is 115 cm³/mol. The van der Waals surface area contributed by atoms with Crippen LogP contribution in [0, 0.1) is 13.8 Å². The van der Waals surface area contributed by atoms with Crippen LogP contribution in [0.1, 0.15) is 21.5 Å². The highest BCUT2D eigenvalue weighted by Gasteiger charge is 2.35. The van der Waals surface area contributed by atoms with E-state index in [9.17, 15) is 14.4 Å². The van der Waals surface area contributed by atoms with E-state index >= 15 is 0 Å². The summed E-state index contributed by atoms with van der Waals surface area (Å²) >= 11 is 1.55. The molecule has 2 N–H and O–H groups in total. The molecule has 1 atom stereocenters. The summed E-state index contributed by atoms with van der Waals surface area (Å²) in [6.45, 7) is 3.95. The van der Waals surface area contributed by atoms with Crippen molar-refractivity contribution >= 4 is 40.3 Å². The second-order valence-electron chi connectivity index (χ2n) is 7.32. The summed E-state index contributed by atoms with van der Waals surface area (Å²) < 4.78 is 1.50. The standard InChI is InChI=1S/C21H22N4O3S/c1-12-4-6-15(13(2)8-12)22-19(26)18-10-29-11-25(18)20(27)14-5-7-17-16(9-14)23-21(28)24(17)3/h4-9,18H,10-11H2,1-3H3,(H,22,26)(H,23,28). The fourth-order valence-electron chi connectivity index (χ4n) is 3.57. The van der Waals surface area contributed by atoms with Gasteiger partial charge in [-0.15, -0.1) is 11.8 Å². The number of benzene rings is 2. The summed E-state index contributed by atoms with van der Waals surface area (Å²) in [5.41, 5.74) is 4.42. The molecule has 2 amide bonds. The van der Waals surface area contributed by atoms with Crippen LogP contribution in [-0.4, -0.2) is 43.9 Å². The first-order valence-electron chi connectivity index (χ1n) is 9.31. The third-order valence-electron chi connectivity index (χ3n) is 5.24. The van der Waals surface area contributed by atoms with Gasteiger partial charge in [-0.2, -0.15) is 0 Å². The number of amides is 2. The number of carbonyl (C=O) groups is 2. The van der Waals surface area contributed by atoms with Gasteiger partial charge in [0, 0.05) is 24.1 Å². The number of nitrogens with zero attached hydrogens (tertiary/aromatic N) is 2. The molecule has 0 bridgehead atoms. The zero-order valence-electron chi connectivity index (χ0n) is 16.5. The van der Waals surface area contributed by atoms with Gasteiger partial charge < -0.3 is 15.2 Å². The number of aryl methyl sites for hydroxylation is 3. The molecule has 2 aromatic carbocycles. The van der Waals surface area contributed by atoms with Crippen LogP contribution in [-0.2, 0) is 11.8 Å². The Hall–Kier alpha value is -3.00. The Morgan fingerprint density at radius 1 is 1.17 bits per heavy atom. The van der Waals surface area contributed by atoms with Crippen molar-refractivity contribution in [1.82, 2.24) is 14.5 Å². The van der Waals surface area contributed by atoms with Crippen molar-refractivity contribution in [3.8, 4) is 0 Å². The largest absolute Gasteiger partial charge is 0.326 e. The van der Waals surface area contributed by atoms with Crippen molar-refractivity contribution in [3.63, 3.8) is 0 Å². The van der Waals surface area contributed by atoms with Crippen molar-refractivity contribution in [3.05, 3.63) is 63.6 Å². The minimum Gasteiger partial charge on any atom is -0.324 e. The van der Waals surface area contributed by atoms with E-state index in [1.54, 1.807) is 41.9 Å². The van der Waals surface area contributed by atoms with E-state index in [4.69, 9.17) is 0 Å². The molecule has 1 aliphatic heterocycles. The highest BCUT2D eigenvalue weighted by molar-refractivity contribution is 7.99. The maximum absolute atomic E-state index is 13.1. The van der Waals surface area contributed by atoms with Gasteiger partial charge in [-0.25, -0.2) is 4.79 Å². The fourth-order valence-corrected chi connectivity index (χ4v) is 4.72. The normalized spacial score (nSPS) is 16.4. The number of aromatic amines is 1. The van der Waals surface area contributed by atoms with E-state index < -0.39 is 6.04 Å². The summed E-state index contributed by atoms with van der Waals surface area (Å²) in [4.78, 5) is 42.1. The molecule has 0 aliphatic carbocycles. The quantitative estimate of drug-likeness (QED) is 0.695. The van der Waals surface area contributed by atoms with Gasteiger partial charge in [0.2, 0.25) is 5.91 Å². The molecule has 1 fully saturated rings.